The van der Waals surface area contributed by atoms with Crippen molar-refractivity contribution in [3.8, 4) is 5.75 Å². The highest BCUT2D eigenvalue weighted by molar-refractivity contribution is 5.68. The molecular formula is C8H5F4NO2. The van der Waals surface area contributed by atoms with Crippen molar-refractivity contribution in [3.05, 3.63) is 29.3 Å². The van der Waals surface area contributed by atoms with Crippen LogP contribution in [0.2, 0.25) is 0 Å². The van der Waals surface area contributed by atoms with Gasteiger partial charge in [-0.3, -0.25) is 0 Å². The number of ether oxygens (including phenoxy) is 1. The van der Waals surface area contributed by atoms with Crippen LogP contribution in [0.4, 0.5) is 22.4 Å². The minimum Gasteiger partial charge on any atom is -0.410 e. The quantitative estimate of drug-likeness (QED) is 0.782. The van der Waals surface area contributed by atoms with E-state index in [0.29, 0.717) is 12.1 Å². The molecule has 3 nitrogen and oxygen atoms in total. The van der Waals surface area contributed by atoms with E-state index in [0.717, 1.165) is 0 Å². The third kappa shape index (κ3) is 2.58. The molecule has 0 spiro atoms. The van der Waals surface area contributed by atoms with Crippen LogP contribution in [0.25, 0.3) is 0 Å². The standard InChI is InChI=1S/C8H5F4NO2/c9-5-2-3(15-8(13)14)1-4(6(5)10)7(11)12/h1-2,7H,(H2,13,14). The van der Waals surface area contributed by atoms with Gasteiger partial charge < -0.3 is 10.5 Å². The highest BCUT2D eigenvalue weighted by Gasteiger charge is 2.19. The molecule has 1 aromatic rings. The number of benzene rings is 1. The van der Waals surface area contributed by atoms with Crippen LogP contribution in [0.3, 0.4) is 0 Å². The van der Waals surface area contributed by atoms with Gasteiger partial charge in [-0.15, -0.1) is 0 Å². The number of rotatable bonds is 2. The Bertz CT molecular complexity index is 394. The lowest BCUT2D eigenvalue weighted by atomic mass is 10.2. The van der Waals surface area contributed by atoms with E-state index in [1.54, 1.807) is 0 Å². The molecule has 7 heteroatoms. The Hall–Kier alpha value is -1.79. The summed E-state index contributed by atoms with van der Waals surface area (Å²) in [6, 6.07) is 0.958. The van der Waals surface area contributed by atoms with E-state index in [9.17, 15) is 22.4 Å². The fourth-order valence-electron chi connectivity index (χ4n) is 0.918. The summed E-state index contributed by atoms with van der Waals surface area (Å²) in [4.78, 5) is 10.2. The summed E-state index contributed by atoms with van der Waals surface area (Å²) in [5.74, 6) is -3.79. The number of primary amides is 1. The molecule has 0 saturated carbocycles. The van der Waals surface area contributed by atoms with Crippen molar-refractivity contribution in [3.63, 3.8) is 0 Å². The Morgan fingerprint density at radius 2 is 1.93 bits per heavy atom. The largest absolute Gasteiger partial charge is 0.410 e. The van der Waals surface area contributed by atoms with Crippen LogP contribution in [0.1, 0.15) is 12.0 Å². The second kappa shape index (κ2) is 4.16. The second-order valence-electron chi connectivity index (χ2n) is 2.53. The van der Waals surface area contributed by atoms with Crippen molar-refractivity contribution >= 4 is 6.09 Å². The summed E-state index contributed by atoms with van der Waals surface area (Å²) in [6.45, 7) is 0. The van der Waals surface area contributed by atoms with E-state index >= 15 is 0 Å². The first-order valence-electron chi connectivity index (χ1n) is 3.66. The van der Waals surface area contributed by atoms with Gasteiger partial charge in [0.25, 0.3) is 6.43 Å². The molecule has 1 amide bonds. The molecule has 82 valence electrons. The van der Waals surface area contributed by atoms with Gasteiger partial charge in [-0.05, 0) is 6.07 Å². The van der Waals surface area contributed by atoms with E-state index < -0.39 is 35.5 Å². The van der Waals surface area contributed by atoms with Gasteiger partial charge in [0.15, 0.2) is 11.6 Å². The number of carbonyl (C=O) groups excluding carboxylic acids is 1. The van der Waals surface area contributed by atoms with Crippen LogP contribution < -0.4 is 10.5 Å². The Morgan fingerprint density at radius 3 is 2.40 bits per heavy atom. The normalized spacial score (nSPS) is 10.5. The molecule has 0 aliphatic carbocycles. The van der Waals surface area contributed by atoms with Crippen molar-refractivity contribution in [2.75, 3.05) is 0 Å². The van der Waals surface area contributed by atoms with E-state index in [2.05, 4.69) is 10.5 Å². The molecule has 0 aliphatic rings. The molecule has 1 aromatic carbocycles. The lowest BCUT2D eigenvalue weighted by Gasteiger charge is -2.06. The van der Waals surface area contributed by atoms with Gasteiger partial charge in [0.05, 0.1) is 5.56 Å². The number of halogens is 4. The minimum absolute atomic E-state index is 0.450. The van der Waals surface area contributed by atoms with Crippen LogP contribution in [-0.4, -0.2) is 6.09 Å². The van der Waals surface area contributed by atoms with E-state index in [4.69, 9.17) is 0 Å². The van der Waals surface area contributed by atoms with Gasteiger partial charge in [0.2, 0.25) is 0 Å². The minimum atomic E-state index is -3.21. The van der Waals surface area contributed by atoms with Crippen LogP contribution >= 0.6 is 0 Å². The van der Waals surface area contributed by atoms with Gasteiger partial charge >= 0.3 is 6.09 Å². The first-order valence-corrected chi connectivity index (χ1v) is 3.66. The average Bonchev–Trinajstić information content (AvgIpc) is 2.09. The van der Waals surface area contributed by atoms with E-state index in [1.807, 2.05) is 0 Å². The Morgan fingerprint density at radius 1 is 1.33 bits per heavy atom. The first kappa shape index (κ1) is 11.3. The monoisotopic (exact) mass is 223 g/mol. The zero-order valence-electron chi connectivity index (χ0n) is 7.14. The third-order valence-electron chi connectivity index (χ3n) is 1.48. The predicted octanol–water partition coefficient (Wildman–Crippen LogP) is 2.36. The maximum Gasteiger partial charge on any atom is 0.409 e. The summed E-state index contributed by atoms with van der Waals surface area (Å²) in [7, 11) is 0. The Labute approximate surface area is 81.4 Å². The number of alkyl halides is 2. The summed E-state index contributed by atoms with van der Waals surface area (Å²) in [5.41, 5.74) is 3.39. The number of nitrogens with two attached hydrogens (primary N) is 1. The van der Waals surface area contributed by atoms with Gasteiger partial charge in [0.1, 0.15) is 5.75 Å². The lowest BCUT2D eigenvalue weighted by Crippen LogP contribution is -2.16. The molecule has 2 N–H and O–H groups in total. The lowest BCUT2D eigenvalue weighted by molar-refractivity contribution is 0.144. The van der Waals surface area contributed by atoms with Crippen LogP contribution in [-0.2, 0) is 0 Å². The van der Waals surface area contributed by atoms with Crippen molar-refractivity contribution < 1.29 is 27.1 Å². The maximum absolute atomic E-state index is 12.7. The second-order valence-corrected chi connectivity index (χ2v) is 2.53. The maximum atomic E-state index is 12.7. The molecular weight excluding hydrogens is 218 g/mol. The molecule has 0 heterocycles. The SMILES string of the molecule is NC(=O)Oc1cc(F)c(F)c(C(F)F)c1. The van der Waals surface area contributed by atoms with Gasteiger partial charge in [0, 0.05) is 6.07 Å². The molecule has 0 radical (unpaired) electrons. The molecule has 0 saturated heterocycles. The van der Waals surface area contributed by atoms with Gasteiger partial charge in [-0.2, -0.15) is 0 Å². The molecule has 1 rings (SSSR count). The fraction of sp³-hybridized carbons (Fsp3) is 0.125. The molecule has 0 aliphatic heterocycles. The van der Waals surface area contributed by atoms with Gasteiger partial charge in [-0.1, -0.05) is 0 Å². The van der Waals surface area contributed by atoms with Crippen LogP contribution in [0.5, 0.6) is 5.75 Å². The van der Waals surface area contributed by atoms with Crippen molar-refractivity contribution in [2.45, 2.75) is 6.43 Å². The van der Waals surface area contributed by atoms with Crippen LogP contribution in [0, 0.1) is 11.6 Å². The Kier molecular flexibility index (Phi) is 3.13. The van der Waals surface area contributed by atoms with Crippen molar-refractivity contribution in [1.29, 1.82) is 0 Å². The highest BCUT2D eigenvalue weighted by atomic mass is 19.3. The summed E-state index contributed by atoms with van der Waals surface area (Å²) >= 11 is 0. The van der Waals surface area contributed by atoms with Crippen LogP contribution in [0.15, 0.2) is 12.1 Å². The van der Waals surface area contributed by atoms with E-state index in [1.165, 1.54) is 0 Å². The average molecular weight is 223 g/mol. The van der Waals surface area contributed by atoms with Crippen molar-refractivity contribution in [1.82, 2.24) is 0 Å². The zero-order valence-corrected chi connectivity index (χ0v) is 7.14. The van der Waals surface area contributed by atoms with Crippen molar-refractivity contribution in [2.24, 2.45) is 5.73 Å². The number of hydrogen-bond donors (Lipinski definition) is 1. The zero-order chi connectivity index (χ0) is 11.6. The molecule has 0 atom stereocenters. The smallest absolute Gasteiger partial charge is 0.409 e. The number of hydrogen-bond acceptors (Lipinski definition) is 2. The number of amides is 1. The molecule has 0 unspecified atom stereocenters. The predicted molar refractivity (Wildman–Crippen MR) is 41.5 cm³/mol. The molecule has 15 heavy (non-hydrogen) atoms. The third-order valence-corrected chi connectivity index (χ3v) is 1.48. The van der Waals surface area contributed by atoms with E-state index in [-0.39, 0.29) is 0 Å². The topological polar surface area (TPSA) is 52.3 Å². The summed E-state index contributed by atoms with van der Waals surface area (Å²) in [6.07, 6.45) is -4.52. The fourth-order valence-corrected chi connectivity index (χ4v) is 0.918. The molecule has 0 fully saturated rings. The summed E-state index contributed by atoms with van der Waals surface area (Å²) < 4.78 is 53.9. The Balaban J connectivity index is 3.17. The molecule has 0 aromatic heterocycles. The molecule has 0 bridgehead atoms. The summed E-state index contributed by atoms with van der Waals surface area (Å²) in [5, 5.41) is 0. The van der Waals surface area contributed by atoms with Gasteiger partial charge in [-0.25, -0.2) is 22.4 Å². The highest BCUT2D eigenvalue weighted by Crippen LogP contribution is 2.28. The number of carbonyl (C=O) groups is 1. The first-order chi connectivity index (χ1) is 6.91.